The Morgan fingerprint density at radius 3 is 2.52 bits per heavy atom. The van der Waals surface area contributed by atoms with Gasteiger partial charge in [0.05, 0.1) is 4.90 Å². The van der Waals surface area contributed by atoms with Crippen LogP contribution in [0.15, 0.2) is 47.4 Å². The number of halogens is 1. The lowest BCUT2D eigenvalue weighted by atomic mass is 10.1. The number of hydrogen-bond donors (Lipinski definition) is 2. The Balaban J connectivity index is 1.60. The summed E-state index contributed by atoms with van der Waals surface area (Å²) < 4.78 is 27.6. The Bertz CT molecular complexity index is 1040. The van der Waals surface area contributed by atoms with E-state index in [-0.39, 0.29) is 35.7 Å². The lowest BCUT2D eigenvalue weighted by Crippen LogP contribution is -2.33. The predicted octanol–water partition coefficient (Wildman–Crippen LogP) is 2.94. The second-order valence-corrected chi connectivity index (χ2v) is 9.14. The van der Waals surface area contributed by atoms with Crippen molar-refractivity contribution in [1.29, 1.82) is 0 Å². The van der Waals surface area contributed by atoms with Gasteiger partial charge in [-0.25, -0.2) is 13.1 Å². The fourth-order valence-corrected chi connectivity index (χ4v) is 4.60. The number of nitrogens with zero attached hydrogens (tertiary/aromatic N) is 1. The summed E-state index contributed by atoms with van der Waals surface area (Å²) in [5.41, 5.74) is 2.15. The van der Waals surface area contributed by atoms with E-state index in [1.54, 1.807) is 41.3 Å². The van der Waals surface area contributed by atoms with E-state index in [9.17, 15) is 18.0 Å². The van der Waals surface area contributed by atoms with Crippen LogP contribution in [-0.4, -0.2) is 32.8 Å². The van der Waals surface area contributed by atoms with Crippen LogP contribution in [0.25, 0.3) is 0 Å². The molecule has 9 heteroatoms. The molecule has 1 aliphatic rings. The van der Waals surface area contributed by atoms with Gasteiger partial charge >= 0.3 is 0 Å². The van der Waals surface area contributed by atoms with Gasteiger partial charge in [-0.2, -0.15) is 0 Å². The summed E-state index contributed by atoms with van der Waals surface area (Å²) in [7, 11) is -3.76. The first-order chi connectivity index (χ1) is 13.7. The number of rotatable bonds is 6. The van der Waals surface area contributed by atoms with Crippen LogP contribution in [0.4, 0.5) is 11.4 Å². The van der Waals surface area contributed by atoms with Crippen molar-refractivity contribution in [2.24, 2.45) is 0 Å². The van der Waals surface area contributed by atoms with Crippen LogP contribution in [0.5, 0.6) is 0 Å². The molecule has 0 aromatic heterocycles. The predicted molar refractivity (Wildman–Crippen MR) is 113 cm³/mol. The molecule has 2 aromatic rings. The van der Waals surface area contributed by atoms with E-state index in [1.807, 2.05) is 6.92 Å². The molecule has 2 N–H and O–H groups in total. The first-order valence-corrected chi connectivity index (χ1v) is 11.0. The Hall–Kier alpha value is -2.42. The Morgan fingerprint density at radius 2 is 1.86 bits per heavy atom. The third kappa shape index (κ3) is 4.95. The largest absolute Gasteiger partial charge is 0.326 e. The fourth-order valence-electron chi connectivity index (χ4n) is 3.39. The first-order valence-electron chi connectivity index (χ1n) is 9.15. The van der Waals surface area contributed by atoms with Crippen LogP contribution in [0.3, 0.4) is 0 Å². The van der Waals surface area contributed by atoms with Gasteiger partial charge in [0.15, 0.2) is 0 Å². The standard InChI is InChI=1S/C20H22ClN3O4S/c1-13-11-15-12-18(7-8-19(15)24(13)14(2)25)29(27,28)22-10-9-20(26)23-17-5-3-16(21)4-6-17/h3-8,12-13,22H,9-11H2,1-2H3,(H,23,26). The lowest BCUT2D eigenvalue weighted by Gasteiger charge is -2.20. The van der Waals surface area contributed by atoms with Crippen molar-refractivity contribution < 1.29 is 18.0 Å². The van der Waals surface area contributed by atoms with Crippen molar-refractivity contribution in [3.8, 4) is 0 Å². The van der Waals surface area contributed by atoms with Gasteiger partial charge in [0.1, 0.15) is 0 Å². The van der Waals surface area contributed by atoms with Crippen LogP contribution >= 0.6 is 11.6 Å². The van der Waals surface area contributed by atoms with Gasteiger partial charge in [-0.1, -0.05) is 11.6 Å². The molecule has 0 saturated carbocycles. The first kappa shape index (κ1) is 21.3. The summed E-state index contributed by atoms with van der Waals surface area (Å²) >= 11 is 5.80. The van der Waals surface area contributed by atoms with Gasteiger partial charge in [0.2, 0.25) is 21.8 Å². The average molecular weight is 436 g/mol. The SMILES string of the molecule is CC(=O)N1c2ccc(S(=O)(=O)NCCC(=O)Nc3ccc(Cl)cc3)cc2CC1C. The number of sulfonamides is 1. The zero-order valence-corrected chi connectivity index (χ0v) is 17.7. The minimum atomic E-state index is -3.76. The summed E-state index contributed by atoms with van der Waals surface area (Å²) in [6, 6.07) is 11.4. The maximum Gasteiger partial charge on any atom is 0.240 e. The molecule has 0 spiro atoms. The number of benzene rings is 2. The summed E-state index contributed by atoms with van der Waals surface area (Å²) in [5.74, 6) is -0.383. The van der Waals surface area contributed by atoms with E-state index in [4.69, 9.17) is 11.6 Å². The van der Waals surface area contributed by atoms with Crippen molar-refractivity contribution in [1.82, 2.24) is 4.72 Å². The smallest absolute Gasteiger partial charge is 0.240 e. The van der Waals surface area contributed by atoms with E-state index in [1.165, 1.54) is 13.0 Å². The second kappa shape index (κ2) is 8.52. The van der Waals surface area contributed by atoms with Crippen LogP contribution in [-0.2, 0) is 26.0 Å². The minimum absolute atomic E-state index is 0.00928. The number of fused-ring (bicyclic) bond motifs is 1. The zero-order valence-electron chi connectivity index (χ0n) is 16.1. The van der Waals surface area contributed by atoms with Crippen molar-refractivity contribution in [2.75, 3.05) is 16.8 Å². The number of nitrogens with one attached hydrogen (secondary N) is 2. The second-order valence-electron chi connectivity index (χ2n) is 6.94. The molecule has 1 atom stereocenters. The van der Waals surface area contributed by atoms with Crippen molar-refractivity contribution in [3.63, 3.8) is 0 Å². The van der Waals surface area contributed by atoms with Gasteiger partial charge in [0.25, 0.3) is 0 Å². The number of anilines is 2. The van der Waals surface area contributed by atoms with Crippen LogP contribution in [0.1, 0.15) is 25.8 Å². The molecule has 1 aliphatic heterocycles. The average Bonchev–Trinajstić information content (AvgIpc) is 2.98. The van der Waals surface area contributed by atoms with Gasteiger partial charge in [0, 0.05) is 42.3 Å². The fraction of sp³-hybridized carbons (Fsp3) is 0.300. The molecule has 0 fully saturated rings. The van der Waals surface area contributed by atoms with Gasteiger partial charge in [-0.05, 0) is 61.4 Å². The molecule has 2 aromatic carbocycles. The van der Waals surface area contributed by atoms with E-state index in [0.717, 1.165) is 11.3 Å². The Labute approximate surface area is 175 Å². The number of carbonyl (C=O) groups is 2. The minimum Gasteiger partial charge on any atom is -0.326 e. The quantitative estimate of drug-likeness (QED) is 0.729. The topological polar surface area (TPSA) is 95.6 Å². The summed E-state index contributed by atoms with van der Waals surface area (Å²) in [4.78, 5) is 25.6. The maximum atomic E-state index is 12.6. The lowest BCUT2D eigenvalue weighted by molar-refractivity contribution is -0.117. The van der Waals surface area contributed by atoms with E-state index in [2.05, 4.69) is 10.0 Å². The molecule has 0 aliphatic carbocycles. The molecule has 3 rings (SSSR count). The summed E-state index contributed by atoms with van der Waals surface area (Å²) in [6.45, 7) is 3.38. The number of carbonyl (C=O) groups excluding carboxylic acids is 2. The third-order valence-electron chi connectivity index (χ3n) is 4.69. The molecule has 29 heavy (non-hydrogen) atoms. The van der Waals surface area contributed by atoms with Gasteiger partial charge < -0.3 is 10.2 Å². The molecule has 1 unspecified atom stereocenters. The third-order valence-corrected chi connectivity index (χ3v) is 6.40. The van der Waals surface area contributed by atoms with Gasteiger partial charge in [-0.15, -0.1) is 0 Å². The highest BCUT2D eigenvalue weighted by Gasteiger charge is 2.30. The zero-order chi connectivity index (χ0) is 21.2. The molecule has 2 amide bonds. The molecule has 0 bridgehead atoms. The van der Waals surface area contributed by atoms with Crippen molar-refractivity contribution >= 4 is 44.8 Å². The molecule has 0 saturated heterocycles. The molecule has 0 radical (unpaired) electrons. The normalized spacial score (nSPS) is 15.8. The van der Waals surface area contributed by atoms with Crippen LogP contribution in [0, 0.1) is 0 Å². The van der Waals surface area contributed by atoms with E-state index in [0.29, 0.717) is 17.1 Å². The Morgan fingerprint density at radius 1 is 1.17 bits per heavy atom. The summed E-state index contributed by atoms with van der Waals surface area (Å²) in [6.07, 6.45) is 0.587. The van der Waals surface area contributed by atoms with Crippen LogP contribution < -0.4 is 14.9 Å². The highest BCUT2D eigenvalue weighted by Crippen LogP contribution is 2.33. The molecule has 7 nitrogen and oxygen atoms in total. The monoisotopic (exact) mass is 435 g/mol. The highest BCUT2D eigenvalue weighted by atomic mass is 35.5. The summed E-state index contributed by atoms with van der Waals surface area (Å²) in [5, 5.41) is 3.24. The maximum absolute atomic E-state index is 12.6. The van der Waals surface area contributed by atoms with Crippen LogP contribution in [0.2, 0.25) is 5.02 Å². The number of amides is 2. The van der Waals surface area contributed by atoms with Crippen molar-refractivity contribution in [3.05, 3.63) is 53.1 Å². The number of hydrogen-bond acceptors (Lipinski definition) is 4. The molecule has 154 valence electrons. The highest BCUT2D eigenvalue weighted by molar-refractivity contribution is 7.89. The molecular formula is C20H22ClN3O4S. The molecular weight excluding hydrogens is 414 g/mol. The Kier molecular flexibility index (Phi) is 6.26. The van der Waals surface area contributed by atoms with Crippen molar-refractivity contribution in [2.45, 2.75) is 37.6 Å². The van der Waals surface area contributed by atoms with E-state index >= 15 is 0 Å². The molecule has 1 heterocycles. The van der Waals surface area contributed by atoms with Gasteiger partial charge in [-0.3, -0.25) is 9.59 Å². The van der Waals surface area contributed by atoms with E-state index < -0.39 is 10.0 Å².